The molecule has 1 aromatic carbocycles. The minimum atomic E-state index is -0.243. The van der Waals surface area contributed by atoms with E-state index in [0.29, 0.717) is 5.56 Å². The number of aliphatic hydroxyl groups excluding tert-OH is 1. The molecule has 22 heavy (non-hydrogen) atoms. The van der Waals surface area contributed by atoms with Crippen LogP contribution in [0, 0.1) is 5.92 Å². The smallest absolute Gasteiger partial charge is 0.251 e. The van der Waals surface area contributed by atoms with E-state index in [0.717, 1.165) is 21.9 Å². The van der Waals surface area contributed by atoms with Crippen molar-refractivity contribution >= 4 is 27.8 Å². The number of amides is 1. The monoisotopic (exact) mass is 297 g/mol. The molecule has 0 fully saturated rings. The van der Waals surface area contributed by atoms with Gasteiger partial charge in [-0.1, -0.05) is 13.8 Å². The van der Waals surface area contributed by atoms with Gasteiger partial charge in [0.2, 0.25) is 0 Å². The number of carbonyl (C=O) groups is 1. The average molecular weight is 297 g/mol. The lowest BCUT2D eigenvalue weighted by Gasteiger charge is -2.19. The molecule has 2 aromatic heterocycles. The minimum absolute atomic E-state index is 0.0668. The minimum Gasteiger partial charge on any atom is -0.394 e. The van der Waals surface area contributed by atoms with Gasteiger partial charge in [-0.3, -0.25) is 4.79 Å². The summed E-state index contributed by atoms with van der Waals surface area (Å²) in [7, 11) is 0. The average Bonchev–Trinajstić information content (AvgIpc) is 2.89. The summed E-state index contributed by atoms with van der Waals surface area (Å²) in [5.74, 6) is 0.00265. The fourth-order valence-electron chi connectivity index (χ4n) is 2.54. The second kappa shape index (κ2) is 5.77. The van der Waals surface area contributed by atoms with Crippen LogP contribution in [0.4, 0.5) is 0 Å². The molecule has 3 rings (SSSR count). The summed E-state index contributed by atoms with van der Waals surface area (Å²) in [6.07, 6.45) is 1.74. The topological polar surface area (TPSA) is 78.0 Å². The van der Waals surface area contributed by atoms with Gasteiger partial charge in [-0.05, 0) is 36.2 Å². The number of aromatic amines is 1. The van der Waals surface area contributed by atoms with E-state index < -0.39 is 0 Å². The van der Waals surface area contributed by atoms with Crippen molar-refractivity contribution in [2.75, 3.05) is 6.61 Å². The molecular weight excluding hydrogens is 278 g/mol. The van der Waals surface area contributed by atoms with Crippen LogP contribution in [0.2, 0.25) is 0 Å². The first-order valence-electron chi connectivity index (χ1n) is 7.38. The number of carbonyl (C=O) groups excluding carboxylic acids is 1. The molecule has 0 aliphatic rings. The summed E-state index contributed by atoms with van der Waals surface area (Å²) < 4.78 is 0. The number of hydrogen-bond acceptors (Lipinski definition) is 3. The molecule has 2 heterocycles. The molecule has 0 aliphatic carbocycles. The summed E-state index contributed by atoms with van der Waals surface area (Å²) in [5.41, 5.74) is 2.34. The van der Waals surface area contributed by atoms with Gasteiger partial charge in [0, 0.05) is 28.0 Å². The van der Waals surface area contributed by atoms with Gasteiger partial charge in [-0.15, -0.1) is 0 Å². The van der Waals surface area contributed by atoms with Crippen LogP contribution in [0.1, 0.15) is 24.2 Å². The van der Waals surface area contributed by atoms with E-state index in [-0.39, 0.29) is 24.5 Å². The van der Waals surface area contributed by atoms with Crippen LogP contribution in [-0.4, -0.2) is 33.6 Å². The largest absolute Gasteiger partial charge is 0.394 e. The number of nitrogens with zero attached hydrogens (tertiary/aromatic N) is 1. The van der Waals surface area contributed by atoms with Crippen molar-refractivity contribution in [3.63, 3.8) is 0 Å². The maximum Gasteiger partial charge on any atom is 0.251 e. The summed E-state index contributed by atoms with van der Waals surface area (Å²) in [4.78, 5) is 19.9. The van der Waals surface area contributed by atoms with Gasteiger partial charge in [0.25, 0.3) is 5.91 Å². The zero-order valence-electron chi connectivity index (χ0n) is 12.6. The highest BCUT2D eigenvalue weighted by Gasteiger charge is 2.17. The number of pyridine rings is 1. The molecule has 0 spiro atoms. The van der Waals surface area contributed by atoms with Crippen molar-refractivity contribution in [2.45, 2.75) is 19.9 Å². The Morgan fingerprint density at radius 3 is 2.86 bits per heavy atom. The van der Waals surface area contributed by atoms with Crippen LogP contribution >= 0.6 is 0 Å². The second-order valence-corrected chi connectivity index (χ2v) is 5.79. The number of aromatic nitrogens is 2. The molecule has 5 nitrogen and oxygen atoms in total. The highest BCUT2D eigenvalue weighted by atomic mass is 16.3. The van der Waals surface area contributed by atoms with Crippen molar-refractivity contribution in [1.29, 1.82) is 0 Å². The van der Waals surface area contributed by atoms with Gasteiger partial charge in [-0.25, -0.2) is 4.98 Å². The first-order valence-corrected chi connectivity index (χ1v) is 7.38. The lowest BCUT2D eigenvalue weighted by molar-refractivity contribution is 0.0897. The molecule has 3 N–H and O–H groups in total. The highest BCUT2D eigenvalue weighted by molar-refractivity contribution is 6.08. The predicted molar refractivity (Wildman–Crippen MR) is 86.8 cm³/mol. The third-order valence-electron chi connectivity index (χ3n) is 3.95. The maximum absolute atomic E-state index is 12.4. The van der Waals surface area contributed by atoms with E-state index in [1.165, 1.54) is 0 Å². The first kappa shape index (κ1) is 14.5. The third-order valence-corrected chi connectivity index (χ3v) is 3.95. The standard InChI is InChI=1S/C17H19N3O2/c1-10(2)15(9-21)20-17(22)11-5-6-14-13(8-11)12-4-3-7-18-16(12)19-14/h3-8,10,15,21H,9H2,1-2H3,(H,18,19)(H,20,22). The normalized spacial score (nSPS) is 12.9. The number of nitrogens with one attached hydrogen (secondary N) is 2. The van der Waals surface area contributed by atoms with Crippen LogP contribution in [0.3, 0.4) is 0 Å². The Kier molecular flexibility index (Phi) is 3.81. The van der Waals surface area contributed by atoms with Crippen molar-refractivity contribution in [3.05, 3.63) is 42.1 Å². The second-order valence-electron chi connectivity index (χ2n) is 5.79. The number of benzene rings is 1. The SMILES string of the molecule is CC(C)C(CO)NC(=O)c1ccc2[nH]c3ncccc3c2c1. The number of rotatable bonds is 4. The Hall–Kier alpha value is -2.40. The molecular formula is C17H19N3O2. The van der Waals surface area contributed by atoms with Crippen LogP contribution in [0.25, 0.3) is 21.9 Å². The maximum atomic E-state index is 12.4. The molecule has 1 amide bonds. The zero-order valence-corrected chi connectivity index (χ0v) is 12.6. The number of aliphatic hydroxyl groups is 1. The fraction of sp³-hybridized carbons (Fsp3) is 0.294. The molecule has 0 aliphatic heterocycles. The van der Waals surface area contributed by atoms with E-state index in [1.54, 1.807) is 12.3 Å². The molecule has 3 aromatic rings. The first-order chi connectivity index (χ1) is 10.6. The summed E-state index contributed by atoms with van der Waals surface area (Å²) >= 11 is 0. The lowest BCUT2D eigenvalue weighted by atomic mass is 10.0. The molecule has 1 atom stereocenters. The van der Waals surface area contributed by atoms with E-state index in [9.17, 15) is 9.90 Å². The van der Waals surface area contributed by atoms with Gasteiger partial charge < -0.3 is 15.4 Å². The van der Waals surface area contributed by atoms with Crippen LogP contribution in [-0.2, 0) is 0 Å². The molecule has 5 heteroatoms. The van der Waals surface area contributed by atoms with Crippen molar-refractivity contribution in [1.82, 2.24) is 15.3 Å². The molecule has 0 radical (unpaired) electrons. The van der Waals surface area contributed by atoms with Crippen LogP contribution in [0.15, 0.2) is 36.5 Å². The quantitative estimate of drug-likeness (QED) is 0.692. The van der Waals surface area contributed by atoms with Gasteiger partial charge in [0.15, 0.2) is 0 Å². The van der Waals surface area contributed by atoms with E-state index in [4.69, 9.17) is 0 Å². The van der Waals surface area contributed by atoms with Crippen molar-refractivity contribution in [3.8, 4) is 0 Å². The summed E-state index contributed by atoms with van der Waals surface area (Å²) in [5, 5.41) is 14.2. The Morgan fingerprint density at radius 2 is 2.14 bits per heavy atom. The summed E-state index contributed by atoms with van der Waals surface area (Å²) in [6, 6.07) is 9.14. The molecule has 0 saturated heterocycles. The Labute approximate surface area is 128 Å². The number of fused-ring (bicyclic) bond motifs is 3. The summed E-state index contributed by atoms with van der Waals surface area (Å²) in [6.45, 7) is 3.87. The number of H-pyrrole nitrogens is 1. The predicted octanol–water partition coefficient (Wildman–Crippen LogP) is 2.46. The third kappa shape index (κ3) is 2.55. The molecule has 1 unspecified atom stereocenters. The van der Waals surface area contributed by atoms with Gasteiger partial charge in [0.05, 0.1) is 12.6 Å². The van der Waals surface area contributed by atoms with Gasteiger partial charge in [0.1, 0.15) is 5.65 Å². The van der Waals surface area contributed by atoms with Crippen LogP contribution in [0.5, 0.6) is 0 Å². The fourth-order valence-corrected chi connectivity index (χ4v) is 2.54. The Balaban J connectivity index is 1.97. The molecule has 0 bridgehead atoms. The molecule has 0 saturated carbocycles. The van der Waals surface area contributed by atoms with E-state index in [1.807, 2.05) is 38.1 Å². The van der Waals surface area contributed by atoms with Crippen molar-refractivity contribution in [2.24, 2.45) is 5.92 Å². The molecule has 114 valence electrons. The van der Waals surface area contributed by atoms with Gasteiger partial charge in [-0.2, -0.15) is 0 Å². The van der Waals surface area contributed by atoms with Crippen molar-refractivity contribution < 1.29 is 9.90 Å². The Bertz CT molecular complexity index is 823. The van der Waals surface area contributed by atoms with Crippen LogP contribution < -0.4 is 5.32 Å². The Morgan fingerprint density at radius 1 is 1.32 bits per heavy atom. The number of hydrogen-bond donors (Lipinski definition) is 3. The highest BCUT2D eigenvalue weighted by Crippen LogP contribution is 2.24. The zero-order chi connectivity index (χ0) is 15.7. The van der Waals surface area contributed by atoms with Gasteiger partial charge >= 0.3 is 0 Å². The lowest BCUT2D eigenvalue weighted by Crippen LogP contribution is -2.41. The van der Waals surface area contributed by atoms with E-state index >= 15 is 0 Å². The van der Waals surface area contributed by atoms with E-state index in [2.05, 4.69) is 15.3 Å².